The maximum absolute atomic E-state index is 9.66. The zero-order valence-electron chi connectivity index (χ0n) is 10.8. The number of phenolic OH excluding ortho intramolecular Hbond substituents is 2. The predicted octanol–water partition coefficient (Wildman–Crippen LogP) is 2.00. The first-order valence-electron chi connectivity index (χ1n) is 6.36. The summed E-state index contributed by atoms with van der Waals surface area (Å²) in [7, 11) is 1.73. The number of ether oxygens (including phenoxy) is 1. The van der Waals surface area contributed by atoms with Gasteiger partial charge < -0.3 is 20.3 Å². The Bertz CT molecular complexity index is 402. The van der Waals surface area contributed by atoms with Gasteiger partial charge in [-0.05, 0) is 30.7 Å². The maximum Gasteiger partial charge on any atom is 0.123 e. The molecule has 18 heavy (non-hydrogen) atoms. The Labute approximate surface area is 108 Å². The first kappa shape index (κ1) is 13.2. The quantitative estimate of drug-likeness (QED) is 0.693. The van der Waals surface area contributed by atoms with Crippen LogP contribution in [0.15, 0.2) is 18.2 Å². The van der Waals surface area contributed by atoms with E-state index in [-0.39, 0.29) is 11.5 Å². The lowest BCUT2D eigenvalue weighted by molar-refractivity contribution is 0.171. The summed E-state index contributed by atoms with van der Waals surface area (Å²) in [4.78, 5) is 0. The normalized spacial score (nSPS) is 16.7. The largest absolute Gasteiger partial charge is 0.508 e. The van der Waals surface area contributed by atoms with Gasteiger partial charge in [0.2, 0.25) is 0 Å². The topological polar surface area (TPSA) is 61.7 Å². The number of phenols is 2. The predicted molar refractivity (Wildman–Crippen MR) is 69.6 cm³/mol. The van der Waals surface area contributed by atoms with Crippen LogP contribution in [0.4, 0.5) is 0 Å². The summed E-state index contributed by atoms with van der Waals surface area (Å²) in [5.74, 6) is 0.235. The molecule has 0 spiro atoms. The van der Waals surface area contributed by atoms with E-state index in [0.717, 1.165) is 25.1 Å². The van der Waals surface area contributed by atoms with Gasteiger partial charge in [-0.3, -0.25) is 0 Å². The molecule has 0 atom stereocenters. The van der Waals surface area contributed by atoms with Crippen molar-refractivity contribution in [3.05, 3.63) is 23.8 Å². The number of hydrogen-bond acceptors (Lipinski definition) is 4. The molecule has 4 heteroatoms. The molecule has 4 nitrogen and oxygen atoms in total. The molecule has 0 amide bonds. The average molecular weight is 251 g/mol. The van der Waals surface area contributed by atoms with E-state index in [1.165, 1.54) is 18.9 Å². The van der Waals surface area contributed by atoms with Gasteiger partial charge in [-0.2, -0.15) is 0 Å². The Morgan fingerprint density at radius 1 is 1.33 bits per heavy atom. The second-order valence-electron chi connectivity index (χ2n) is 5.16. The second-order valence-corrected chi connectivity index (χ2v) is 5.16. The fraction of sp³-hybridized carbons (Fsp3) is 0.571. The van der Waals surface area contributed by atoms with Gasteiger partial charge in [0.15, 0.2) is 0 Å². The van der Waals surface area contributed by atoms with E-state index in [1.807, 2.05) is 0 Å². The number of nitrogens with one attached hydrogen (secondary N) is 1. The molecule has 1 fully saturated rings. The summed E-state index contributed by atoms with van der Waals surface area (Å²) >= 11 is 0. The maximum atomic E-state index is 9.66. The lowest BCUT2D eigenvalue weighted by Crippen LogP contribution is -2.24. The standard InChI is InChI=1S/C14H21NO3/c1-18-7-6-14(4-5-14)10-15-9-11-2-3-12(16)8-13(11)17/h2-3,8,15-17H,4-7,9-10H2,1H3. The highest BCUT2D eigenvalue weighted by Crippen LogP contribution is 2.48. The molecule has 1 aromatic carbocycles. The van der Waals surface area contributed by atoms with Crippen molar-refractivity contribution in [2.24, 2.45) is 5.41 Å². The number of rotatable bonds is 7. The van der Waals surface area contributed by atoms with Crippen LogP contribution in [0.3, 0.4) is 0 Å². The molecule has 0 saturated heterocycles. The van der Waals surface area contributed by atoms with Crippen molar-refractivity contribution < 1.29 is 14.9 Å². The lowest BCUT2D eigenvalue weighted by Gasteiger charge is -2.15. The summed E-state index contributed by atoms with van der Waals surface area (Å²) in [6, 6.07) is 4.70. The Hall–Kier alpha value is -1.26. The van der Waals surface area contributed by atoms with Gasteiger partial charge in [-0.25, -0.2) is 0 Å². The van der Waals surface area contributed by atoms with Crippen LogP contribution in [-0.4, -0.2) is 30.5 Å². The molecular weight excluding hydrogens is 230 g/mol. The fourth-order valence-electron chi connectivity index (χ4n) is 2.17. The fourth-order valence-corrected chi connectivity index (χ4v) is 2.17. The summed E-state index contributed by atoms with van der Waals surface area (Å²) < 4.78 is 5.12. The van der Waals surface area contributed by atoms with Crippen molar-refractivity contribution in [3.63, 3.8) is 0 Å². The Morgan fingerprint density at radius 2 is 2.11 bits per heavy atom. The molecular formula is C14H21NO3. The van der Waals surface area contributed by atoms with E-state index in [2.05, 4.69) is 5.32 Å². The average Bonchev–Trinajstić information content (AvgIpc) is 3.10. The molecule has 3 N–H and O–H groups in total. The number of aromatic hydroxyl groups is 2. The number of benzene rings is 1. The second kappa shape index (κ2) is 5.59. The Kier molecular flexibility index (Phi) is 4.09. The van der Waals surface area contributed by atoms with Crippen LogP contribution in [0.5, 0.6) is 11.5 Å². The van der Waals surface area contributed by atoms with Crippen LogP contribution >= 0.6 is 0 Å². The minimum absolute atomic E-state index is 0.0926. The monoisotopic (exact) mass is 251 g/mol. The molecule has 1 saturated carbocycles. The van der Waals surface area contributed by atoms with Gasteiger partial charge in [-0.15, -0.1) is 0 Å². The third-order valence-corrected chi connectivity index (χ3v) is 3.68. The van der Waals surface area contributed by atoms with Crippen molar-refractivity contribution in [3.8, 4) is 11.5 Å². The molecule has 0 heterocycles. The highest BCUT2D eigenvalue weighted by Gasteiger charge is 2.41. The third kappa shape index (κ3) is 3.37. The smallest absolute Gasteiger partial charge is 0.123 e. The van der Waals surface area contributed by atoms with E-state index in [1.54, 1.807) is 19.2 Å². The van der Waals surface area contributed by atoms with E-state index in [4.69, 9.17) is 4.74 Å². The minimum atomic E-state index is 0.0926. The van der Waals surface area contributed by atoms with Crippen molar-refractivity contribution in [1.82, 2.24) is 5.32 Å². The summed E-state index contributed by atoms with van der Waals surface area (Å²) in [6.07, 6.45) is 3.61. The third-order valence-electron chi connectivity index (χ3n) is 3.68. The van der Waals surface area contributed by atoms with Gasteiger partial charge in [0.05, 0.1) is 0 Å². The molecule has 1 aliphatic carbocycles. The van der Waals surface area contributed by atoms with Crippen molar-refractivity contribution >= 4 is 0 Å². The van der Waals surface area contributed by atoms with E-state index in [0.29, 0.717) is 12.0 Å². The van der Waals surface area contributed by atoms with Crippen LogP contribution in [-0.2, 0) is 11.3 Å². The number of methoxy groups -OCH3 is 1. The first-order valence-corrected chi connectivity index (χ1v) is 6.36. The van der Waals surface area contributed by atoms with Crippen molar-refractivity contribution in [2.75, 3.05) is 20.3 Å². The molecule has 1 aromatic rings. The SMILES string of the molecule is COCCC1(CNCc2ccc(O)cc2O)CC1. The zero-order valence-corrected chi connectivity index (χ0v) is 10.8. The molecule has 0 bridgehead atoms. The molecule has 100 valence electrons. The van der Waals surface area contributed by atoms with E-state index < -0.39 is 0 Å². The molecule has 0 radical (unpaired) electrons. The molecule has 1 aliphatic rings. The Morgan fingerprint density at radius 3 is 2.72 bits per heavy atom. The summed E-state index contributed by atoms with van der Waals surface area (Å²) in [5.41, 5.74) is 1.22. The van der Waals surface area contributed by atoms with Gasteiger partial charge in [0.25, 0.3) is 0 Å². The minimum Gasteiger partial charge on any atom is -0.508 e. The first-order chi connectivity index (χ1) is 8.65. The van der Waals surface area contributed by atoms with E-state index in [9.17, 15) is 10.2 Å². The van der Waals surface area contributed by atoms with Crippen LogP contribution in [0, 0.1) is 5.41 Å². The Balaban J connectivity index is 1.78. The summed E-state index contributed by atoms with van der Waals surface area (Å²) in [6.45, 7) is 2.39. The van der Waals surface area contributed by atoms with Gasteiger partial charge in [-0.1, -0.05) is 6.07 Å². The van der Waals surface area contributed by atoms with Gasteiger partial charge in [0, 0.05) is 38.4 Å². The highest BCUT2D eigenvalue weighted by atomic mass is 16.5. The number of hydrogen-bond donors (Lipinski definition) is 3. The zero-order chi connectivity index (χ0) is 13.0. The van der Waals surface area contributed by atoms with Crippen LogP contribution in [0.1, 0.15) is 24.8 Å². The lowest BCUT2D eigenvalue weighted by atomic mass is 10.0. The van der Waals surface area contributed by atoms with Gasteiger partial charge >= 0.3 is 0 Å². The van der Waals surface area contributed by atoms with Crippen molar-refractivity contribution in [2.45, 2.75) is 25.8 Å². The molecule has 2 rings (SSSR count). The van der Waals surface area contributed by atoms with Crippen LogP contribution in [0.2, 0.25) is 0 Å². The van der Waals surface area contributed by atoms with Crippen LogP contribution in [0.25, 0.3) is 0 Å². The summed E-state index contributed by atoms with van der Waals surface area (Å²) in [5, 5.41) is 22.2. The molecule has 0 aliphatic heterocycles. The highest BCUT2D eigenvalue weighted by molar-refractivity contribution is 5.38. The molecule has 0 aromatic heterocycles. The van der Waals surface area contributed by atoms with Crippen LogP contribution < -0.4 is 5.32 Å². The molecule has 0 unspecified atom stereocenters. The van der Waals surface area contributed by atoms with Gasteiger partial charge in [0.1, 0.15) is 11.5 Å². The van der Waals surface area contributed by atoms with Crippen molar-refractivity contribution in [1.29, 1.82) is 0 Å². The van der Waals surface area contributed by atoms with E-state index >= 15 is 0 Å².